The lowest BCUT2D eigenvalue weighted by atomic mass is 10.2. The van der Waals surface area contributed by atoms with Gasteiger partial charge in [-0.3, -0.25) is 0 Å². The van der Waals surface area contributed by atoms with Crippen molar-refractivity contribution >= 4 is 0 Å². The van der Waals surface area contributed by atoms with Crippen LogP contribution in [0, 0.1) is 6.92 Å². The minimum atomic E-state index is 0. The van der Waals surface area contributed by atoms with E-state index in [4.69, 9.17) is 0 Å². The van der Waals surface area contributed by atoms with Crippen LogP contribution in [-0.2, 0) is 6.54 Å². The number of aromatic nitrogens is 2. The fourth-order valence-corrected chi connectivity index (χ4v) is 1.45. The highest BCUT2D eigenvalue weighted by Gasteiger charge is 2.01. The quantitative estimate of drug-likeness (QED) is 0.619. The minimum Gasteiger partial charge on any atom is -1.00 e. The van der Waals surface area contributed by atoms with Crippen molar-refractivity contribution in [1.29, 1.82) is 0 Å². The molecule has 1 aromatic carbocycles. The average Bonchev–Trinajstić information content (AvgIpc) is 2.19. The summed E-state index contributed by atoms with van der Waals surface area (Å²) < 4.78 is 2.14. The van der Waals surface area contributed by atoms with E-state index < -0.39 is 0 Å². The van der Waals surface area contributed by atoms with Crippen LogP contribution in [0.4, 0.5) is 0 Å². The van der Waals surface area contributed by atoms with Crippen LogP contribution in [0.25, 0.3) is 0 Å². The summed E-state index contributed by atoms with van der Waals surface area (Å²) in [5, 5.41) is 0. The van der Waals surface area contributed by atoms with Gasteiger partial charge < -0.3 is 17.0 Å². The fraction of sp³-hybridized carbons (Fsp3) is 0.167. The number of benzene rings is 1. The van der Waals surface area contributed by atoms with E-state index in [0.717, 1.165) is 12.2 Å². The summed E-state index contributed by atoms with van der Waals surface area (Å²) in [6.07, 6.45) is 5.87. The Labute approximate surface area is 100 Å². The van der Waals surface area contributed by atoms with Crippen molar-refractivity contribution in [3.63, 3.8) is 0 Å². The molecule has 0 unspecified atom stereocenters. The topological polar surface area (TPSA) is 16.8 Å². The number of hydrogen-bond donors (Lipinski definition) is 0. The van der Waals surface area contributed by atoms with Gasteiger partial charge in [0.25, 0.3) is 0 Å². The molecule has 0 amide bonds. The summed E-state index contributed by atoms with van der Waals surface area (Å²) in [5.41, 5.74) is 2.35. The molecule has 0 radical (unpaired) electrons. The van der Waals surface area contributed by atoms with Gasteiger partial charge in [0.05, 0.1) is 6.20 Å². The zero-order valence-electron chi connectivity index (χ0n) is 8.60. The molecule has 78 valence electrons. The molecular weight excluding hydrogens is 252 g/mol. The van der Waals surface area contributed by atoms with Crippen LogP contribution >= 0.6 is 0 Å². The summed E-state index contributed by atoms with van der Waals surface area (Å²) in [6.45, 7) is 2.91. The molecular formula is C12H13BrN2. The van der Waals surface area contributed by atoms with Crippen molar-refractivity contribution in [2.75, 3.05) is 0 Å². The van der Waals surface area contributed by atoms with Crippen molar-refractivity contribution in [3.05, 3.63) is 60.2 Å². The van der Waals surface area contributed by atoms with E-state index in [-0.39, 0.29) is 17.0 Å². The maximum Gasteiger partial charge on any atom is 0.190 e. The molecule has 0 aliphatic carbocycles. The lowest BCUT2D eigenvalue weighted by Gasteiger charge is -1.97. The van der Waals surface area contributed by atoms with Gasteiger partial charge in [0, 0.05) is 5.56 Å². The Bertz CT molecular complexity index is 415. The number of aryl methyl sites for hydroxylation is 1. The second-order valence-corrected chi connectivity index (χ2v) is 3.36. The first-order valence-electron chi connectivity index (χ1n) is 4.70. The van der Waals surface area contributed by atoms with Crippen molar-refractivity contribution in [3.8, 4) is 0 Å². The highest BCUT2D eigenvalue weighted by Crippen LogP contribution is 1.97. The highest BCUT2D eigenvalue weighted by atomic mass is 79.9. The molecule has 1 aromatic heterocycles. The first kappa shape index (κ1) is 11.9. The standard InChI is InChI=1S/C12H13N2.BrH/c1-11-9-14(8-7-13-11)10-12-5-3-2-4-6-12;/h2-9H,10H2,1H3;1H/q+1;/p-1. The first-order chi connectivity index (χ1) is 6.84. The molecule has 0 atom stereocenters. The molecule has 0 saturated carbocycles. The van der Waals surface area contributed by atoms with Crippen molar-refractivity contribution in [1.82, 2.24) is 4.98 Å². The first-order valence-corrected chi connectivity index (χ1v) is 4.70. The predicted octanol–water partition coefficient (Wildman–Crippen LogP) is -1.27. The Hall–Kier alpha value is -1.22. The second kappa shape index (κ2) is 5.61. The normalized spacial score (nSPS) is 9.40. The van der Waals surface area contributed by atoms with E-state index in [2.05, 4.69) is 33.8 Å². The number of rotatable bonds is 2. The second-order valence-electron chi connectivity index (χ2n) is 3.36. The molecule has 15 heavy (non-hydrogen) atoms. The lowest BCUT2D eigenvalue weighted by Crippen LogP contribution is -3.00. The van der Waals surface area contributed by atoms with Gasteiger partial charge in [-0.05, 0) is 6.92 Å². The molecule has 0 N–H and O–H groups in total. The number of halogens is 1. The Morgan fingerprint density at radius 3 is 2.60 bits per heavy atom. The van der Waals surface area contributed by atoms with Gasteiger partial charge in [0.1, 0.15) is 5.69 Å². The van der Waals surface area contributed by atoms with Crippen LogP contribution in [0.5, 0.6) is 0 Å². The summed E-state index contributed by atoms with van der Waals surface area (Å²) in [7, 11) is 0. The van der Waals surface area contributed by atoms with Gasteiger partial charge in [-0.2, -0.15) is 4.57 Å². The number of nitrogens with zero attached hydrogens (tertiary/aromatic N) is 2. The monoisotopic (exact) mass is 264 g/mol. The minimum absolute atomic E-state index is 0. The zero-order chi connectivity index (χ0) is 9.80. The van der Waals surface area contributed by atoms with E-state index in [9.17, 15) is 0 Å². The largest absolute Gasteiger partial charge is 1.00 e. The molecule has 0 bridgehead atoms. The van der Waals surface area contributed by atoms with Gasteiger partial charge in [-0.1, -0.05) is 30.3 Å². The van der Waals surface area contributed by atoms with Crippen LogP contribution in [0.1, 0.15) is 11.3 Å². The summed E-state index contributed by atoms with van der Waals surface area (Å²) in [6, 6.07) is 10.4. The van der Waals surface area contributed by atoms with E-state index >= 15 is 0 Å². The van der Waals surface area contributed by atoms with Gasteiger partial charge in [-0.15, -0.1) is 0 Å². The van der Waals surface area contributed by atoms with Gasteiger partial charge in [0.15, 0.2) is 18.9 Å². The molecule has 0 spiro atoms. The molecule has 3 heteroatoms. The molecule has 2 aromatic rings. The maximum absolute atomic E-state index is 4.16. The lowest BCUT2D eigenvalue weighted by molar-refractivity contribution is -0.689. The summed E-state index contributed by atoms with van der Waals surface area (Å²) in [5.74, 6) is 0. The molecule has 0 aliphatic heterocycles. The Morgan fingerprint density at radius 2 is 1.93 bits per heavy atom. The smallest absolute Gasteiger partial charge is 0.190 e. The predicted molar refractivity (Wildman–Crippen MR) is 54.7 cm³/mol. The Balaban J connectivity index is 0.00000112. The third-order valence-electron chi connectivity index (χ3n) is 2.10. The van der Waals surface area contributed by atoms with Gasteiger partial charge in [0.2, 0.25) is 0 Å². The third-order valence-corrected chi connectivity index (χ3v) is 2.10. The third kappa shape index (κ3) is 3.44. The Kier molecular flexibility index (Phi) is 4.43. The van der Waals surface area contributed by atoms with Crippen LogP contribution < -0.4 is 21.5 Å². The molecule has 1 heterocycles. The van der Waals surface area contributed by atoms with Crippen molar-refractivity contribution in [2.24, 2.45) is 0 Å². The zero-order valence-corrected chi connectivity index (χ0v) is 10.2. The van der Waals surface area contributed by atoms with Crippen molar-refractivity contribution < 1.29 is 21.5 Å². The van der Waals surface area contributed by atoms with Crippen LogP contribution in [-0.4, -0.2) is 4.98 Å². The molecule has 2 nitrogen and oxygen atoms in total. The van der Waals surface area contributed by atoms with E-state index in [1.807, 2.05) is 31.6 Å². The molecule has 0 saturated heterocycles. The van der Waals surface area contributed by atoms with Crippen LogP contribution in [0.3, 0.4) is 0 Å². The SMILES string of the molecule is Cc1c[n+](Cc2ccccc2)ccn1.[Br-]. The molecule has 0 aliphatic rings. The summed E-state index contributed by atoms with van der Waals surface area (Å²) in [4.78, 5) is 4.16. The van der Waals surface area contributed by atoms with Crippen LogP contribution in [0.15, 0.2) is 48.9 Å². The van der Waals surface area contributed by atoms with Crippen molar-refractivity contribution in [2.45, 2.75) is 13.5 Å². The number of hydrogen-bond acceptors (Lipinski definition) is 1. The fourth-order valence-electron chi connectivity index (χ4n) is 1.45. The van der Waals surface area contributed by atoms with E-state index in [1.54, 1.807) is 0 Å². The van der Waals surface area contributed by atoms with Crippen LogP contribution in [0.2, 0.25) is 0 Å². The molecule has 0 fully saturated rings. The van der Waals surface area contributed by atoms with Gasteiger partial charge in [-0.25, -0.2) is 4.98 Å². The van der Waals surface area contributed by atoms with E-state index in [1.165, 1.54) is 5.56 Å². The van der Waals surface area contributed by atoms with E-state index in [0.29, 0.717) is 0 Å². The Morgan fingerprint density at radius 1 is 1.20 bits per heavy atom. The summed E-state index contributed by atoms with van der Waals surface area (Å²) >= 11 is 0. The highest BCUT2D eigenvalue weighted by molar-refractivity contribution is 5.13. The maximum atomic E-state index is 4.16. The average molecular weight is 265 g/mol. The van der Waals surface area contributed by atoms with Gasteiger partial charge >= 0.3 is 0 Å². The molecule has 2 rings (SSSR count).